The standard InChI is InChI=1S/C19H26N2O4/c1-14-4-3-8-21(11-14)19(23)7-9-20(15(2)22)12-16-5-6-17-18(10-16)25-13-24-17/h5-6,10,14H,3-4,7-9,11-13H2,1-2H3. The Hall–Kier alpha value is -2.24. The zero-order valence-electron chi connectivity index (χ0n) is 15.0. The first-order chi connectivity index (χ1) is 12.0. The Morgan fingerprint density at radius 3 is 2.84 bits per heavy atom. The van der Waals surface area contributed by atoms with Crippen LogP contribution in [-0.4, -0.2) is 48.0 Å². The van der Waals surface area contributed by atoms with Gasteiger partial charge in [0, 0.05) is 39.5 Å². The molecule has 6 heteroatoms. The molecule has 1 atom stereocenters. The number of likely N-dealkylation sites (tertiary alicyclic amines) is 1. The maximum atomic E-state index is 12.4. The van der Waals surface area contributed by atoms with E-state index in [2.05, 4.69) is 6.92 Å². The topological polar surface area (TPSA) is 59.1 Å². The molecule has 2 heterocycles. The van der Waals surface area contributed by atoms with Crippen LogP contribution in [0.15, 0.2) is 18.2 Å². The quantitative estimate of drug-likeness (QED) is 0.821. The summed E-state index contributed by atoms with van der Waals surface area (Å²) in [6.07, 6.45) is 2.63. The first-order valence-electron chi connectivity index (χ1n) is 8.94. The normalized spacial score (nSPS) is 19.0. The van der Waals surface area contributed by atoms with E-state index in [1.54, 1.807) is 11.8 Å². The van der Waals surface area contributed by atoms with Gasteiger partial charge in [-0.05, 0) is 36.5 Å². The lowest BCUT2D eigenvalue weighted by Gasteiger charge is -2.31. The van der Waals surface area contributed by atoms with Crippen LogP contribution in [0.25, 0.3) is 0 Å². The molecular formula is C19H26N2O4. The highest BCUT2D eigenvalue weighted by molar-refractivity contribution is 5.78. The Kier molecular flexibility index (Phi) is 5.46. The van der Waals surface area contributed by atoms with E-state index >= 15 is 0 Å². The third-order valence-corrected chi connectivity index (χ3v) is 4.86. The number of piperidine rings is 1. The first kappa shape index (κ1) is 17.6. The van der Waals surface area contributed by atoms with Crippen LogP contribution in [-0.2, 0) is 16.1 Å². The van der Waals surface area contributed by atoms with Gasteiger partial charge in [-0.15, -0.1) is 0 Å². The number of amides is 2. The molecule has 2 aliphatic rings. The maximum absolute atomic E-state index is 12.4. The van der Waals surface area contributed by atoms with Crippen LogP contribution in [0.1, 0.15) is 38.7 Å². The Labute approximate surface area is 148 Å². The summed E-state index contributed by atoms with van der Waals surface area (Å²) >= 11 is 0. The van der Waals surface area contributed by atoms with Crippen molar-refractivity contribution in [2.45, 2.75) is 39.7 Å². The second kappa shape index (κ2) is 7.76. The van der Waals surface area contributed by atoms with Gasteiger partial charge in [-0.1, -0.05) is 13.0 Å². The highest BCUT2D eigenvalue weighted by Gasteiger charge is 2.22. The Morgan fingerprint density at radius 1 is 1.28 bits per heavy atom. The summed E-state index contributed by atoms with van der Waals surface area (Å²) in [6, 6.07) is 5.68. The van der Waals surface area contributed by atoms with Crippen LogP contribution in [0, 0.1) is 5.92 Å². The van der Waals surface area contributed by atoms with Gasteiger partial charge in [0.05, 0.1) is 0 Å². The molecule has 3 rings (SSSR count). The van der Waals surface area contributed by atoms with Crippen LogP contribution in [0.2, 0.25) is 0 Å². The molecule has 1 aromatic rings. The maximum Gasteiger partial charge on any atom is 0.231 e. The minimum Gasteiger partial charge on any atom is -0.454 e. The molecule has 6 nitrogen and oxygen atoms in total. The fraction of sp³-hybridized carbons (Fsp3) is 0.579. The zero-order valence-corrected chi connectivity index (χ0v) is 15.0. The molecule has 1 unspecified atom stereocenters. The Bertz CT molecular complexity index is 646. The summed E-state index contributed by atoms with van der Waals surface area (Å²) in [6.45, 7) is 6.54. The van der Waals surface area contributed by atoms with Gasteiger partial charge in [0.2, 0.25) is 18.6 Å². The van der Waals surface area contributed by atoms with Crippen LogP contribution >= 0.6 is 0 Å². The van der Waals surface area contributed by atoms with E-state index in [9.17, 15) is 9.59 Å². The fourth-order valence-corrected chi connectivity index (χ4v) is 3.41. The fourth-order valence-electron chi connectivity index (χ4n) is 3.41. The van der Waals surface area contributed by atoms with E-state index in [1.807, 2.05) is 23.1 Å². The van der Waals surface area contributed by atoms with Gasteiger partial charge in [0.25, 0.3) is 0 Å². The Balaban J connectivity index is 1.56. The third-order valence-electron chi connectivity index (χ3n) is 4.86. The molecular weight excluding hydrogens is 320 g/mol. The highest BCUT2D eigenvalue weighted by atomic mass is 16.7. The smallest absolute Gasteiger partial charge is 0.231 e. The molecule has 0 saturated carbocycles. The van der Waals surface area contributed by atoms with Crippen molar-refractivity contribution in [2.75, 3.05) is 26.4 Å². The van der Waals surface area contributed by atoms with Crippen molar-refractivity contribution in [1.82, 2.24) is 9.80 Å². The number of rotatable bonds is 5. The lowest BCUT2D eigenvalue weighted by molar-refractivity contribution is -0.135. The molecule has 136 valence electrons. The van der Waals surface area contributed by atoms with Gasteiger partial charge in [0.1, 0.15) is 0 Å². The SMILES string of the molecule is CC(=O)N(CCC(=O)N1CCCC(C)C1)Cc1ccc2c(c1)OCO2. The van der Waals surface area contributed by atoms with Gasteiger partial charge < -0.3 is 19.3 Å². The monoisotopic (exact) mass is 346 g/mol. The van der Waals surface area contributed by atoms with Gasteiger partial charge in [-0.25, -0.2) is 0 Å². The van der Waals surface area contributed by atoms with Gasteiger partial charge >= 0.3 is 0 Å². The van der Waals surface area contributed by atoms with E-state index < -0.39 is 0 Å². The number of ether oxygens (including phenoxy) is 2. The summed E-state index contributed by atoms with van der Waals surface area (Å²) in [5.41, 5.74) is 0.971. The molecule has 0 aromatic heterocycles. The van der Waals surface area contributed by atoms with E-state index in [4.69, 9.17) is 9.47 Å². The largest absolute Gasteiger partial charge is 0.454 e. The van der Waals surface area contributed by atoms with Crippen molar-refractivity contribution >= 4 is 11.8 Å². The van der Waals surface area contributed by atoms with Gasteiger partial charge in [-0.3, -0.25) is 9.59 Å². The first-order valence-corrected chi connectivity index (χ1v) is 8.94. The molecule has 0 bridgehead atoms. The molecule has 2 amide bonds. The minimum absolute atomic E-state index is 0.0301. The van der Waals surface area contributed by atoms with Crippen LogP contribution in [0.5, 0.6) is 11.5 Å². The highest BCUT2D eigenvalue weighted by Crippen LogP contribution is 2.32. The lowest BCUT2D eigenvalue weighted by atomic mass is 10.00. The van der Waals surface area contributed by atoms with E-state index in [0.717, 1.165) is 30.8 Å². The van der Waals surface area contributed by atoms with Crippen molar-refractivity contribution in [2.24, 2.45) is 5.92 Å². The second-order valence-electron chi connectivity index (χ2n) is 6.97. The van der Waals surface area contributed by atoms with E-state index in [0.29, 0.717) is 31.2 Å². The number of fused-ring (bicyclic) bond motifs is 1. The molecule has 25 heavy (non-hydrogen) atoms. The average Bonchev–Trinajstić information content (AvgIpc) is 3.05. The number of benzene rings is 1. The third kappa shape index (κ3) is 4.44. The second-order valence-corrected chi connectivity index (χ2v) is 6.97. The summed E-state index contributed by atoms with van der Waals surface area (Å²) in [7, 11) is 0. The Morgan fingerprint density at radius 2 is 2.08 bits per heavy atom. The summed E-state index contributed by atoms with van der Waals surface area (Å²) in [4.78, 5) is 28.0. The van der Waals surface area contributed by atoms with Crippen molar-refractivity contribution in [3.05, 3.63) is 23.8 Å². The lowest BCUT2D eigenvalue weighted by Crippen LogP contribution is -2.41. The molecule has 2 aliphatic heterocycles. The molecule has 0 spiro atoms. The number of carbonyl (C=O) groups excluding carboxylic acids is 2. The number of carbonyl (C=O) groups is 2. The summed E-state index contributed by atoms with van der Waals surface area (Å²) in [5.74, 6) is 2.11. The molecule has 0 aliphatic carbocycles. The molecule has 1 fully saturated rings. The number of hydrogen-bond acceptors (Lipinski definition) is 4. The predicted octanol–water partition coefficient (Wildman–Crippen LogP) is 2.41. The van der Waals surface area contributed by atoms with Crippen molar-refractivity contribution in [3.8, 4) is 11.5 Å². The van der Waals surface area contributed by atoms with Crippen molar-refractivity contribution in [3.63, 3.8) is 0 Å². The number of nitrogens with zero attached hydrogens (tertiary/aromatic N) is 2. The van der Waals surface area contributed by atoms with Crippen LogP contribution in [0.3, 0.4) is 0 Å². The van der Waals surface area contributed by atoms with Crippen LogP contribution in [0.4, 0.5) is 0 Å². The van der Waals surface area contributed by atoms with Gasteiger partial charge in [-0.2, -0.15) is 0 Å². The van der Waals surface area contributed by atoms with E-state index in [1.165, 1.54) is 6.42 Å². The average molecular weight is 346 g/mol. The van der Waals surface area contributed by atoms with Crippen molar-refractivity contribution < 1.29 is 19.1 Å². The van der Waals surface area contributed by atoms with Crippen molar-refractivity contribution in [1.29, 1.82) is 0 Å². The number of hydrogen-bond donors (Lipinski definition) is 0. The predicted molar refractivity (Wildman–Crippen MR) is 93.3 cm³/mol. The minimum atomic E-state index is -0.0301. The molecule has 1 saturated heterocycles. The molecule has 1 aromatic carbocycles. The molecule has 0 radical (unpaired) electrons. The zero-order chi connectivity index (χ0) is 17.8. The van der Waals surface area contributed by atoms with E-state index in [-0.39, 0.29) is 18.6 Å². The summed E-state index contributed by atoms with van der Waals surface area (Å²) in [5, 5.41) is 0. The van der Waals surface area contributed by atoms with Crippen LogP contribution < -0.4 is 9.47 Å². The molecule has 0 N–H and O–H groups in total. The summed E-state index contributed by atoms with van der Waals surface area (Å²) < 4.78 is 10.7. The van der Waals surface area contributed by atoms with Gasteiger partial charge in [0.15, 0.2) is 11.5 Å².